The monoisotopic (exact) mass is 425 g/mol. The second-order valence-corrected chi connectivity index (χ2v) is 8.08. The highest BCUT2D eigenvalue weighted by Gasteiger charge is 2.33. The van der Waals surface area contributed by atoms with Crippen LogP contribution in [0.3, 0.4) is 0 Å². The Morgan fingerprint density at radius 2 is 1.69 bits per heavy atom. The highest BCUT2D eigenvalue weighted by Crippen LogP contribution is 2.44. The summed E-state index contributed by atoms with van der Waals surface area (Å²) in [5.74, 6) is 0.579. The normalized spacial score (nSPS) is 15.6. The fourth-order valence-electron chi connectivity index (χ4n) is 4.60. The van der Waals surface area contributed by atoms with Crippen LogP contribution in [0, 0.1) is 5.82 Å². The van der Waals surface area contributed by atoms with Crippen molar-refractivity contribution in [3.8, 4) is 5.75 Å². The Bertz CT molecular complexity index is 1270. The second kappa shape index (κ2) is 8.46. The highest BCUT2D eigenvalue weighted by molar-refractivity contribution is 6.03. The molecule has 0 N–H and O–H groups in total. The molecule has 5 rings (SSSR count). The summed E-state index contributed by atoms with van der Waals surface area (Å²) in [5, 5.41) is 2.30. The van der Waals surface area contributed by atoms with E-state index in [0.717, 1.165) is 38.9 Å². The number of nitrogens with zero attached hydrogens (tertiary/aromatic N) is 1. The molecule has 1 unspecified atom stereocenters. The zero-order valence-electron chi connectivity index (χ0n) is 17.9. The van der Waals surface area contributed by atoms with Crippen molar-refractivity contribution in [2.75, 3.05) is 11.5 Å². The highest BCUT2D eigenvalue weighted by atomic mass is 19.1. The molecule has 4 aromatic carbocycles. The second-order valence-electron chi connectivity index (χ2n) is 8.08. The van der Waals surface area contributed by atoms with Crippen LogP contribution in [0.2, 0.25) is 0 Å². The molecule has 1 aliphatic rings. The van der Waals surface area contributed by atoms with Gasteiger partial charge in [-0.1, -0.05) is 54.6 Å². The zero-order valence-corrected chi connectivity index (χ0v) is 17.9. The Hall–Kier alpha value is -3.66. The van der Waals surface area contributed by atoms with Gasteiger partial charge in [0.15, 0.2) is 0 Å². The fraction of sp³-hybridized carbons (Fsp3) is 0.179. The molecule has 3 nitrogen and oxygen atoms in total. The molecule has 4 aromatic rings. The van der Waals surface area contributed by atoms with Gasteiger partial charge in [0.25, 0.3) is 0 Å². The molecular weight excluding hydrogens is 401 g/mol. The average Bonchev–Trinajstić information content (AvgIpc) is 2.82. The molecule has 0 saturated carbocycles. The summed E-state index contributed by atoms with van der Waals surface area (Å²) >= 11 is 0. The lowest BCUT2D eigenvalue weighted by molar-refractivity contribution is -0.119. The lowest BCUT2D eigenvalue weighted by Gasteiger charge is -2.35. The summed E-state index contributed by atoms with van der Waals surface area (Å²) in [5.41, 5.74) is 4.08. The first-order valence-corrected chi connectivity index (χ1v) is 10.9. The molecule has 0 bridgehead atoms. The molecule has 1 aliphatic heterocycles. The quantitative estimate of drug-likeness (QED) is 0.368. The van der Waals surface area contributed by atoms with Gasteiger partial charge in [-0.25, -0.2) is 4.39 Å². The van der Waals surface area contributed by atoms with Crippen LogP contribution in [-0.2, 0) is 11.3 Å². The minimum Gasteiger partial charge on any atom is -0.494 e. The average molecular weight is 426 g/mol. The van der Waals surface area contributed by atoms with Gasteiger partial charge in [0.2, 0.25) is 5.91 Å². The first-order valence-electron chi connectivity index (χ1n) is 10.9. The molecule has 160 valence electrons. The number of fused-ring (bicyclic) bond motifs is 3. The number of benzene rings is 4. The third kappa shape index (κ3) is 3.73. The van der Waals surface area contributed by atoms with Gasteiger partial charge in [0.1, 0.15) is 11.6 Å². The van der Waals surface area contributed by atoms with E-state index in [4.69, 9.17) is 4.74 Å². The fourth-order valence-corrected chi connectivity index (χ4v) is 4.60. The third-order valence-corrected chi connectivity index (χ3v) is 6.11. The van der Waals surface area contributed by atoms with Crippen LogP contribution in [0.4, 0.5) is 10.1 Å². The molecule has 1 atom stereocenters. The molecule has 0 aliphatic carbocycles. The predicted molar refractivity (Wildman–Crippen MR) is 126 cm³/mol. The first kappa shape index (κ1) is 20.3. The van der Waals surface area contributed by atoms with Crippen LogP contribution in [0.1, 0.15) is 36.0 Å². The molecule has 1 amide bonds. The van der Waals surface area contributed by atoms with Crippen molar-refractivity contribution in [1.82, 2.24) is 0 Å². The van der Waals surface area contributed by atoms with E-state index in [2.05, 4.69) is 30.3 Å². The number of rotatable bonds is 5. The number of amides is 1. The van der Waals surface area contributed by atoms with Gasteiger partial charge in [0, 0.05) is 18.0 Å². The van der Waals surface area contributed by atoms with E-state index in [1.807, 2.05) is 42.2 Å². The first-order chi connectivity index (χ1) is 15.6. The van der Waals surface area contributed by atoms with Gasteiger partial charge < -0.3 is 9.64 Å². The van der Waals surface area contributed by atoms with E-state index in [1.54, 1.807) is 12.1 Å². The maximum Gasteiger partial charge on any atom is 0.228 e. The standard InChI is InChI=1S/C28H24FNO2/c1-2-32-23-14-9-21(10-15-23)25-17-27(31)30(18-19-7-12-22(29)13-8-19)26-16-11-20-5-3-4-6-24(20)28(25)26/h3-16,25H,2,17-18H2,1H3. The number of anilines is 1. The lowest BCUT2D eigenvalue weighted by Crippen LogP contribution is -2.36. The SMILES string of the molecule is CCOc1ccc(C2CC(=O)N(Cc3ccc(F)cc3)c3ccc4ccccc4c32)cc1. The molecule has 1 heterocycles. The molecule has 0 fully saturated rings. The van der Waals surface area contributed by atoms with Gasteiger partial charge in [0.05, 0.1) is 13.2 Å². The van der Waals surface area contributed by atoms with E-state index in [0.29, 0.717) is 19.6 Å². The Kier molecular flexibility index (Phi) is 5.36. The van der Waals surface area contributed by atoms with Crippen molar-refractivity contribution in [3.05, 3.63) is 107 Å². The van der Waals surface area contributed by atoms with Crippen LogP contribution >= 0.6 is 0 Å². The van der Waals surface area contributed by atoms with Gasteiger partial charge in [-0.05, 0) is 64.7 Å². The van der Waals surface area contributed by atoms with Crippen LogP contribution in [0.15, 0.2) is 84.9 Å². The Morgan fingerprint density at radius 1 is 0.938 bits per heavy atom. The maximum absolute atomic E-state index is 13.4. The van der Waals surface area contributed by atoms with Crippen LogP contribution in [-0.4, -0.2) is 12.5 Å². The van der Waals surface area contributed by atoms with Crippen molar-refractivity contribution in [3.63, 3.8) is 0 Å². The number of hydrogen-bond acceptors (Lipinski definition) is 2. The van der Waals surface area contributed by atoms with Gasteiger partial charge >= 0.3 is 0 Å². The smallest absolute Gasteiger partial charge is 0.228 e. The van der Waals surface area contributed by atoms with E-state index in [9.17, 15) is 9.18 Å². The predicted octanol–water partition coefficient (Wildman–Crippen LogP) is 6.45. The van der Waals surface area contributed by atoms with Crippen molar-refractivity contribution in [1.29, 1.82) is 0 Å². The van der Waals surface area contributed by atoms with Gasteiger partial charge in [-0.15, -0.1) is 0 Å². The molecule has 0 aromatic heterocycles. The van der Waals surface area contributed by atoms with E-state index in [1.165, 1.54) is 12.1 Å². The van der Waals surface area contributed by atoms with E-state index >= 15 is 0 Å². The van der Waals surface area contributed by atoms with E-state index in [-0.39, 0.29) is 17.6 Å². The maximum atomic E-state index is 13.4. The molecule has 0 spiro atoms. The summed E-state index contributed by atoms with van der Waals surface area (Å²) in [4.78, 5) is 15.2. The van der Waals surface area contributed by atoms with Crippen molar-refractivity contribution < 1.29 is 13.9 Å². The molecular formula is C28H24FNO2. The minimum atomic E-state index is -0.277. The molecule has 32 heavy (non-hydrogen) atoms. The molecule has 0 radical (unpaired) electrons. The van der Waals surface area contributed by atoms with E-state index < -0.39 is 0 Å². The van der Waals surface area contributed by atoms with Crippen LogP contribution < -0.4 is 9.64 Å². The van der Waals surface area contributed by atoms with Crippen molar-refractivity contribution in [2.45, 2.75) is 25.8 Å². The van der Waals surface area contributed by atoms with Gasteiger partial charge in [-0.3, -0.25) is 4.79 Å². The number of halogens is 1. The Balaban J connectivity index is 1.62. The largest absolute Gasteiger partial charge is 0.494 e. The number of carbonyl (C=O) groups excluding carboxylic acids is 1. The summed E-state index contributed by atoms with van der Waals surface area (Å²) in [6, 6.07) is 26.8. The summed E-state index contributed by atoms with van der Waals surface area (Å²) in [7, 11) is 0. The van der Waals surface area contributed by atoms with Crippen molar-refractivity contribution in [2.24, 2.45) is 0 Å². The van der Waals surface area contributed by atoms with Crippen molar-refractivity contribution >= 4 is 22.4 Å². The molecule has 4 heteroatoms. The molecule has 0 saturated heterocycles. The lowest BCUT2D eigenvalue weighted by atomic mass is 9.81. The number of ether oxygens (including phenoxy) is 1. The van der Waals surface area contributed by atoms with Gasteiger partial charge in [-0.2, -0.15) is 0 Å². The Morgan fingerprint density at radius 3 is 2.44 bits per heavy atom. The minimum absolute atomic E-state index is 0.0382. The summed E-state index contributed by atoms with van der Waals surface area (Å²) in [6.07, 6.45) is 0.385. The Labute approximate surface area is 187 Å². The zero-order chi connectivity index (χ0) is 22.1. The third-order valence-electron chi connectivity index (χ3n) is 6.11. The summed E-state index contributed by atoms with van der Waals surface area (Å²) in [6.45, 7) is 3.00. The van der Waals surface area contributed by atoms with Crippen LogP contribution in [0.25, 0.3) is 10.8 Å². The summed E-state index contributed by atoms with van der Waals surface area (Å²) < 4.78 is 19.0. The van der Waals surface area contributed by atoms with Crippen LogP contribution in [0.5, 0.6) is 5.75 Å². The number of carbonyl (C=O) groups is 1. The topological polar surface area (TPSA) is 29.5 Å². The number of hydrogen-bond donors (Lipinski definition) is 0.